The maximum absolute atomic E-state index is 13.3. The summed E-state index contributed by atoms with van der Waals surface area (Å²) >= 11 is 12.7. The maximum atomic E-state index is 13.3. The van der Waals surface area contributed by atoms with Crippen LogP contribution in [0.2, 0.25) is 10.0 Å². The number of anilines is 2. The van der Waals surface area contributed by atoms with Gasteiger partial charge in [-0.25, -0.2) is 0 Å². The minimum atomic E-state index is -0.397. The van der Waals surface area contributed by atoms with Crippen LogP contribution in [-0.2, 0) is 11.3 Å². The van der Waals surface area contributed by atoms with Crippen LogP contribution >= 0.6 is 23.2 Å². The number of nitrogens with zero attached hydrogens (tertiary/aromatic N) is 2. The quantitative estimate of drug-likeness (QED) is 0.516. The van der Waals surface area contributed by atoms with Gasteiger partial charge in [-0.2, -0.15) is 0 Å². The Morgan fingerprint density at radius 3 is 2.17 bits per heavy atom. The molecule has 0 bridgehead atoms. The van der Waals surface area contributed by atoms with Crippen molar-refractivity contribution in [3.8, 4) is 0 Å². The molecule has 0 fully saturated rings. The number of carbonyl (C=O) groups excluding carboxylic acids is 2. The van der Waals surface area contributed by atoms with Gasteiger partial charge in [-0.1, -0.05) is 66.5 Å². The molecule has 2 amide bonds. The largest absolute Gasteiger partial charge is 0.306 e. The molecule has 1 unspecified atom stereocenters. The van der Waals surface area contributed by atoms with E-state index >= 15 is 0 Å². The molecule has 6 heteroatoms. The van der Waals surface area contributed by atoms with Crippen LogP contribution in [-0.4, -0.2) is 18.4 Å². The number of benzene rings is 3. The predicted octanol–water partition coefficient (Wildman–Crippen LogP) is 5.82. The van der Waals surface area contributed by atoms with E-state index in [0.29, 0.717) is 32.5 Å². The van der Waals surface area contributed by atoms with Crippen molar-refractivity contribution in [1.29, 1.82) is 0 Å². The van der Waals surface area contributed by atoms with Crippen LogP contribution in [0.25, 0.3) is 0 Å². The summed E-state index contributed by atoms with van der Waals surface area (Å²) in [5.41, 5.74) is 2.60. The van der Waals surface area contributed by atoms with Gasteiger partial charge in [0.25, 0.3) is 5.91 Å². The Morgan fingerprint density at radius 2 is 1.50 bits per heavy atom. The van der Waals surface area contributed by atoms with Crippen LogP contribution in [0.15, 0.2) is 72.8 Å². The Morgan fingerprint density at radius 1 is 0.900 bits per heavy atom. The molecule has 0 N–H and O–H groups in total. The maximum Gasteiger partial charge on any atom is 0.258 e. The number of para-hydroxylation sites is 2. The molecule has 0 spiro atoms. The van der Waals surface area contributed by atoms with Gasteiger partial charge in [-0.05, 0) is 36.4 Å². The number of rotatable bonds is 3. The van der Waals surface area contributed by atoms with Gasteiger partial charge in [0.1, 0.15) is 0 Å². The van der Waals surface area contributed by atoms with Crippen LogP contribution in [0.4, 0.5) is 11.4 Å². The SMILES string of the molecule is CC1CN(C(=O)c2ccccc2)c2ccccc2N(Cc2c(Cl)cccc2Cl)C1=O. The Balaban J connectivity index is 1.80. The lowest BCUT2D eigenvalue weighted by Crippen LogP contribution is -2.38. The highest BCUT2D eigenvalue weighted by atomic mass is 35.5. The molecule has 30 heavy (non-hydrogen) atoms. The number of amides is 2. The average molecular weight is 439 g/mol. The lowest BCUT2D eigenvalue weighted by Gasteiger charge is -2.26. The van der Waals surface area contributed by atoms with E-state index in [0.717, 1.165) is 0 Å². The molecule has 152 valence electrons. The topological polar surface area (TPSA) is 40.6 Å². The molecule has 3 aromatic carbocycles. The summed E-state index contributed by atoms with van der Waals surface area (Å²) in [4.78, 5) is 30.0. The summed E-state index contributed by atoms with van der Waals surface area (Å²) in [5.74, 6) is -0.617. The zero-order chi connectivity index (χ0) is 21.3. The molecule has 0 aliphatic carbocycles. The number of carbonyl (C=O) groups is 2. The predicted molar refractivity (Wildman–Crippen MR) is 121 cm³/mol. The highest BCUT2D eigenvalue weighted by molar-refractivity contribution is 6.36. The molecule has 0 aromatic heterocycles. The second-order valence-corrected chi connectivity index (χ2v) is 8.11. The van der Waals surface area contributed by atoms with E-state index in [4.69, 9.17) is 23.2 Å². The van der Waals surface area contributed by atoms with E-state index < -0.39 is 5.92 Å². The van der Waals surface area contributed by atoms with E-state index in [-0.39, 0.29) is 24.9 Å². The van der Waals surface area contributed by atoms with Crippen molar-refractivity contribution in [1.82, 2.24) is 0 Å². The van der Waals surface area contributed by atoms with Gasteiger partial charge in [-0.3, -0.25) is 9.59 Å². The van der Waals surface area contributed by atoms with Crippen molar-refractivity contribution >= 4 is 46.4 Å². The summed E-state index contributed by atoms with van der Waals surface area (Å²) in [6.07, 6.45) is 0. The molecule has 4 nitrogen and oxygen atoms in total. The van der Waals surface area contributed by atoms with Crippen molar-refractivity contribution in [3.05, 3.63) is 94.0 Å². The molecule has 1 atom stereocenters. The van der Waals surface area contributed by atoms with Crippen LogP contribution in [0.3, 0.4) is 0 Å². The monoisotopic (exact) mass is 438 g/mol. The third kappa shape index (κ3) is 3.81. The molecule has 4 rings (SSSR count). The van der Waals surface area contributed by atoms with Crippen LogP contribution in [0.1, 0.15) is 22.8 Å². The summed E-state index contributed by atoms with van der Waals surface area (Å²) in [5, 5.41) is 1.00. The molecular formula is C24H20Cl2N2O2. The summed E-state index contributed by atoms with van der Waals surface area (Å²) in [7, 11) is 0. The first-order valence-electron chi connectivity index (χ1n) is 9.67. The molecule has 1 aliphatic heterocycles. The van der Waals surface area contributed by atoms with Crippen molar-refractivity contribution < 1.29 is 9.59 Å². The normalized spacial score (nSPS) is 16.2. The van der Waals surface area contributed by atoms with Crippen molar-refractivity contribution in [3.63, 3.8) is 0 Å². The van der Waals surface area contributed by atoms with Gasteiger partial charge in [0.2, 0.25) is 5.91 Å². The minimum Gasteiger partial charge on any atom is -0.306 e. The lowest BCUT2D eigenvalue weighted by molar-refractivity contribution is -0.121. The van der Waals surface area contributed by atoms with Crippen LogP contribution < -0.4 is 9.80 Å². The van der Waals surface area contributed by atoms with Crippen molar-refractivity contribution in [2.75, 3.05) is 16.3 Å². The first-order chi connectivity index (χ1) is 14.5. The zero-order valence-corrected chi connectivity index (χ0v) is 17.9. The summed E-state index contributed by atoms with van der Waals surface area (Å²) < 4.78 is 0. The van der Waals surface area contributed by atoms with Gasteiger partial charge < -0.3 is 9.80 Å². The molecule has 3 aromatic rings. The van der Waals surface area contributed by atoms with Crippen LogP contribution in [0.5, 0.6) is 0 Å². The molecule has 0 saturated carbocycles. The van der Waals surface area contributed by atoms with Gasteiger partial charge in [0.15, 0.2) is 0 Å². The van der Waals surface area contributed by atoms with Crippen LogP contribution in [0, 0.1) is 5.92 Å². The standard InChI is InChI=1S/C24H20Cl2N2O2/c1-16-14-27(24(30)17-8-3-2-4-9-17)21-12-5-6-13-22(21)28(23(16)29)15-18-19(25)10-7-11-20(18)26/h2-13,16H,14-15H2,1H3. The third-order valence-corrected chi connectivity index (χ3v) is 5.96. The molecule has 0 radical (unpaired) electrons. The number of hydrogen-bond acceptors (Lipinski definition) is 2. The number of hydrogen-bond donors (Lipinski definition) is 0. The van der Waals surface area contributed by atoms with E-state index in [1.165, 1.54) is 0 Å². The summed E-state index contributed by atoms with van der Waals surface area (Å²) in [6, 6.07) is 21.8. The van der Waals surface area contributed by atoms with Gasteiger partial charge >= 0.3 is 0 Å². The molecular weight excluding hydrogens is 419 g/mol. The minimum absolute atomic E-state index is 0.0817. The second kappa shape index (κ2) is 8.50. The fourth-order valence-corrected chi connectivity index (χ4v) is 4.21. The lowest BCUT2D eigenvalue weighted by atomic mass is 10.1. The first kappa shape index (κ1) is 20.5. The first-order valence-corrected chi connectivity index (χ1v) is 10.4. The van der Waals surface area contributed by atoms with Gasteiger partial charge in [0.05, 0.1) is 23.8 Å². The zero-order valence-electron chi connectivity index (χ0n) is 16.4. The van der Waals surface area contributed by atoms with Gasteiger partial charge in [0, 0.05) is 27.7 Å². The molecule has 0 saturated heterocycles. The van der Waals surface area contributed by atoms with E-state index in [1.54, 1.807) is 40.1 Å². The molecule has 1 heterocycles. The molecule has 1 aliphatic rings. The summed E-state index contributed by atoms with van der Waals surface area (Å²) in [6.45, 7) is 2.35. The smallest absolute Gasteiger partial charge is 0.258 e. The fourth-order valence-electron chi connectivity index (χ4n) is 3.69. The van der Waals surface area contributed by atoms with Crippen molar-refractivity contribution in [2.24, 2.45) is 5.92 Å². The highest BCUT2D eigenvalue weighted by Gasteiger charge is 2.34. The second-order valence-electron chi connectivity index (χ2n) is 7.30. The Bertz CT molecular complexity index is 1080. The van der Waals surface area contributed by atoms with E-state index in [1.807, 2.05) is 49.4 Å². The van der Waals surface area contributed by atoms with Gasteiger partial charge in [-0.15, -0.1) is 0 Å². The Kier molecular flexibility index (Phi) is 5.80. The Labute approximate surface area is 185 Å². The number of fused-ring (bicyclic) bond motifs is 1. The fraction of sp³-hybridized carbons (Fsp3) is 0.167. The average Bonchev–Trinajstić information content (AvgIpc) is 2.86. The van der Waals surface area contributed by atoms with E-state index in [9.17, 15) is 9.59 Å². The highest BCUT2D eigenvalue weighted by Crippen LogP contribution is 2.37. The number of halogens is 2. The van der Waals surface area contributed by atoms with Crippen molar-refractivity contribution in [2.45, 2.75) is 13.5 Å². The Hall–Kier alpha value is -2.82. The third-order valence-electron chi connectivity index (χ3n) is 5.25. The van der Waals surface area contributed by atoms with E-state index in [2.05, 4.69) is 0 Å².